The number of aromatic nitrogens is 5. The Morgan fingerprint density at radius 2 is 1.87 bits per heavy atom. The number of aryl methyl sites for hydroxylation is 2. The Hall–Kier alpha value is -3.88. The molecule has 0 fully saturated rings. The lowest BCUT2D eigenvalue weighted by molar-refractivity contribution is 0.0947. The highest BCUT2D eigenvalue weighted by Crippen LogP contribution is 2.22. The number of hydrogen-bond donors (Lipinski definition) is 2. The quantitative estimate of drug-likeness (QED) is 0.512. The number of amides is 1. The molecule has 0 radical (unpaired) electrons. The average molecular weight is 405 g/mol. The molecular formula is C21H20FN7O. The van der Waals surface area contributed by atoms with E-state index in [9.17, 15) is 9.18 Å². The van der Waals surface area contributed by atoms with Crippen LogP contribution in [0.25, 0.3) is 11.0 Å². The molecule has 0 saturated heterocycles. The Balaban J connectivity index is 1.54. The van der Waals surface area contributed by atoms with Crippen LogP contribution in [-0.4, -0.2) is 30.6 Å². The van der Waals surface area contributed by atoms with Gasteiger partial charge in [0.2, 0.25) is 0 Å². The van der Waals surface area contributed by atoms with Crippen LogP contribution in [0.3, 0.4) is 0 Å². The number of carbonyl (C=O) groups excluding carboxylic acids is 1. The van der Waals surface area contributed by atoms with Gasteiger partial charge in [-0.2, -0.15) is 5.10 Å². The van der Waals surface area contributed by atoms with Crippen molar-refractivity contribution < 1.29 is 9.18 Å². The molecule has 2 N–H and O–H groups in total. The first-order chi connectivity index (χ1) is 14.5. The summed E-state index contributed by atoms with van der Waals surface area (Å²) in [5.74, 6) is 0.0402. The van der Waals surface area contributed by atoms with Crippen LogP contribution in [-0.2, 0) is 20.1 Å². The predicted molar refractivity (Wildman–Crippen MR) is 110 cm³/mol. The minimum Gasteiger partial charge on any atom is -0.364 e. The minimum absolute atomic E-state index is 0.186. The van der Waals surface area contributed by atoms with Gasteiger partial charge in [0.15, 0.2) is 11.5 Å². The van der Waals surface area contributed by atoms with E-state index < -0.39 is 0 Å². The molecule has 0 spiro atoms. The zero-order chi connectivity index (χ0) is 21.1. The average Bonchev–Trinajstić information content (AvgIpc) is 3.08. The normalized spacial score (nSPS) is 10.9. The van der Waals surface area contributed by atoms with E-state index >= 15 is 0 Å². The fourth-order valence-corrected chi connectivity index (χ4v) is 3.13. The summed E-state index contributed by atoms with van der Waals surface area (Å²) in [5, 5.41) is 10.5. The fraction of sp³-hybridized carbons (Fsp3) is 0.190. The number of anilines is 1. The van der Waals surface area contributed by atoms with Crippen LogP contribution in [0, 0.1) is 12.7 Å². The number of fused-ring (bicyclic) bond motifs is 1. The van der Waals surface area contributed by atoms with Crippen molar-refractivity contribution >= 4 is 22.8 Å². The molecule has 4 aromatic rings. The maximum atomic E-state index is 13.4. The molecular weight excluding hydrogens is 385 g/mol. The third-order valence-corrected chi connectivity index (χ3v) is 4.72. The molecule has 4 rings (SSSR count). The van der Waals surface area contributed by atoms with E-state index in [1.165, 1.54) is 12.4 Å². The Bertz CT molecular complexity index is 1210. The second kappa shape index (κ2) is 8.24. The Morgan fingerprint density at radius 3 is 2.63 bits per heavy atom. The molecule has 9 heteroatoms. The summed E-state index contributed by atoms with van der Waals surface area (Å²) in [6.07, 6.45) is 4.80. The van der Waals surface area contributed by atoms with Gasteiger partial charge < -0.3 is 10.6 Å². The Kier molecular flexibility index (Phi) is 5.34. The predicted octanol–water partition coefficient (Wildman–Crippen LogP) is 2.75. The van der Waals surface area contributed by atoms with Crippen molar-refractivity contribution in [2.75, 3.05) is 5.32 Å². The van der Waals surface area contributed by atoms with Gasteiger partial charge in [-0.15, -0.1) is 0 Å². The summed E-state index contributed by atoms with van der Waals surface area (Å²) >= 11 is 0. The van der Waals surface area contributed by atoms with Crippen molar-refractivity contribution in [3.05, 3.63) is 77.3 Å². The molecule has 1 amide bonds. The molecule has 0 bridgehead atoms. The summed E-state index contributed by atoms with van der Waals surface area (Å²) in [4.78, 5) is 25.2. The van der Waals surface area contributed by atoms with E-state index in [0.717, 1.165) is 11.1 Å². The van der Waals surface area contributed by atoms with Crippen LogP contribution < -0.4 is 10.6 Å². The number of nitrogens with one attached hydrogen (secondary N) is 2. The van der Waals surface area contributed by atoms with Gasteiger partial charge in [-0.05, 0) is 41.8 Å². The van der Waals surface area contributed by atoms with Gasteiger partial charge in [0.25, 0.3) is 5.91 Å². The third kappa shape index (κ3) is 3.95. The van der Waals surface area contributed by atoms with E-state index in [4.69, 9.17) is 0 Å². The van der Waals surface area contributed by atoms with Crippen LogP contribution in [0.4, 0.5) is 10.2 Å². The standard InChI is InChI=1S/C21H20FN7O/c1-13-9-15(3-4-16(13)22)11-25-21(30)19-17-18(26-12-27-19)20(29(2)28-17)24-10-14-5-7-23-8-6-14/h3-9,12,24H,10-11H2,1-2H3,(H,25,30). The number of nitrogens with zero attached hydrogens (tertiary/aromatic N) is 5. The Labute approximate surface area is 172 Å². The van der Waals surface area contributed by atoms with Crippen molar-refractivity contribution in [2.45, 2.75) is 20.0 Å². The SMILES string of the molecule is Cc1cc(CNC(=O)c2ncnc3c(NCc4ccncc4)n(C)nc23)ccc1F. The minimum atomic E-state index is -0.372. The van der Waals surface area contributed by atoms with E-state index in [0.29, 0.717) is 29.0 Å². The number of halogens is 1. The smallest absolute Gasteiger partial charge is 0.272 e. The first-order valence-corrected chi connectivity index (χ1v) is 9.36. The molecule has 1 aromatic carbocycles. The van der Waals surface area contributed by atoms with Gasteiger partial charge in [-0.1, -0.05) is 12.1 Å². The molecule has 0 aliphatic carbocycles. The monoisotopic (exact) mass is 405 g/mol. The zero-order valence-corrected chi connectivity index (χ0v) is 16.6. The maximum Gasteiger partial charge on any atom is 0.272 e. The molecule has 8 nitrogen and oxygen atoms in total. The fourth-order valence-electron chi connectivity index (χ4n) is 3.13. The molecule has 0 saturated carbocycles. The number of pyridine rings is 1. The van der Waals surface area contributed by atoms with Crippen molar-refractivity contribution in [1.82, 2.24) is 30.0 Å². The summed E-state index contributed by atoms with van der Waals surface area (Å²) in [5.41, 5.74) is 3.54. The molecule has 0 aliphatic rings. The summed E-state index contributed by atoms with van der Waals surface area (Å²) < 4.78 is 15.1. The molecule has 0 atom stereocenters. The van der Waals surface area contributed by atoms with Crippen LogP contribution in [0.2, 0.25) is 0 Å². The molecule has 0 aliphatic heterocycles. The van der Waals surface area contributed by atoms with E-state index in [-0.39, 0.29) is 24.0 Å². The van der Waals surface area contributed by atoms with Gasteiger partial charge in [-0.25, -0.2) is 14.4 Å². The van der Waals surface area contributed by atoms with Crippen molar-refractivity contribution in [3.8, 4) is 0 Å². The summed E-state index contributed by atoms with van der Waals surface area (Å²) in [7, 11) is 1.78. The first kappa shape index (κ1) is 19.4. The van der Waals surface area contributed by atoms with E-state index in [1.54, 1.807) is 43.2 Å². The van der Waals surface area contributed by atoms with Crippen LogP contribution >= 0.6 is 0 Å². The van der Waals surface area contributed by atoms with Gasteiger partial charge in [0.1, 0.15) is 23.2 Å². The molecule has 3 aromatic heterocycles. The lowest BCUT2D eigenvalue weighted by atomic mass is 10.1. The highest BCUT2D eigenvalue weighted by molar-refractivity contribution is 6.04. The topological polar surface area (TPSA) is 97.6 Å². The number of hydrogen-bond acceptors (Lipinski definition) is 6. The molecule has 3 heterocycles. The van der Waals surface area contributed by atoms with Crippen molar-refractivity contribution in [2.24, 2.45) is 7.05 Å². The number of carbonyl (C=O) groups is 1. The summed E-state index contributed by atoms with van der Waals surface area (Å²) in [6.45, 7) is 2.50. The van der Waals surface area contributed by atoms with E-state index in [2.05, 4.69) is 30.7 Å². The lowest BCUT2D eigenvalue weighted by Crippen LogP contribution is -2.24. The van der Waals surface area contributed by atoms with Crippen LogP contribution in [0.1, 0.15) is 27.2 Å². The highest BCUT2D eigenvalue weighted by atomic mass is 19.1. The summed E-state index contributed by atoms with van der Waals surface area (Å²) in [6, 6.07) is 8.56. The van der Waals surface area contributed by atoms with Gasteiger partial charge in [0.05, 0.1) is 0 Å². The third-order valence-electron chi connectivity index (χ3n) is 4.72. The number of rotatable bonds is 6. The van der Waals surface area contributed by atoms with Crippen LogP contribution in [0.5, 0.6) is 0 Å². The first-order valence-electron chi connectivity index (χ1n) is 9.36. The molecule has 0 unspecified atom stereocenters. The van der Waals surface area contributed by atoms with Gasteiger partial charge in [0, 0.05) is 32.5 Å². The van der Waals surface area contributed by atoms with Gasteiger partial charge >= 0.3 is 0 Å². The second-order valence-corrected chi connectivity index (χ2v) is 6.87. The second-order valence-electron chi connectivity index (χ2n) is 6.87. The largest absolute Gasteiger partial charge is 0.364 e. The maximum absolute atomic E-state index is 13.4. The van der Waals surface area contributed by atoms with Crippen LogP contribution in [0.15, 0.2) is 49.1 Å². The van der Waals surface area contributed by atoms with E-state index in [1.807, 2.05) is 12.1 Å². The van der Waals surface area contributed by atoms with Crippen molar-refractivity contribution in [1.29, 1.82) is 0 Å². The number of benzene rings is 1. The molecule has 30 heavy (non-hydrogen) atoms. The zero-order valence-electron chi connectivity index (χ0n) is 16.6. The highest BCUT2D eigenvalue weighted by Gasteiger charge is 2.19. The van der Waals surface area contributed by atoms with Crippen molar-refractivity contribution in [3.63, 3.8) is 0 Å². The van der Waals surface area contributed by atoms with Gasteiger partial charge in [-0.3, -0.25) is 14.5 Å². The Morgan fingerprint density at radius 1 is 1.07 bits per heavy atom. The lowest BCUT2D eigenvalue weighted by Gasteiger charge is -2.07. The molecule has 152 valence electrons.